The van der Waals surface area contributed by atoms with Gasteiger partial charge in [0.2, 0.25) is 0 Å². The highest BCUT2D eigenvalue weighted by Crippen LogP contribution is 2.29. The molecule has 36 heavy (non-hydrogen) atoms. The molecule has 1 aromatic heterocycles. The number of ether oxygens (including phenoxy) is 3. The molecule has 0 saturated carbocycles. The van der Waals surface area contributed by atoms with Gasteiger partial charge in [-0.15, -0.1) is 11.3 Å². The molecule has 0 radical (unpaired) electrons. The number of carbonyl (C=O) groups excluding carboxylic acids is 2. The molecule has 7 nitrogen and oxygen atoms in total. The highest BCUT2D eigenvalue weighted by atomic mass is 32.1. The van der Waals surface area contributed by atoms with Crippen LogP contribution in [0, 0.1) is 17.6 Å². The zero-order valence-corrected chi connectivity index (χ0v) is 21.3. The Bertz CT molecular complexity index is 1210. The first-order chi connectivity index (χ1) is 17.2. The van der Waals surface area contributed by atoms with Gasteiger partial charge in [-0.25, -0.2) is 23.4 Å². The molecule has 1 atom stereocenters. The van der Waals surface area contributed by atoms with Crippen LogP contribution in [-0.4, -0.2) is 37.7 Å². The number of benzene rings is 2. The van der Waals surface area contributed by atoms with Crippen LogP contribution in [0.25, 0.3) is 0 Å². The molecule has 1 N–H and O–H groups in total. The number of halogens is 2. The fourth-order valence-corrected chi connectivity index (χ4v) is 4.68. The van der Waals surface area contributed by atoms with E-state index in [9.17, 15) is 18.4 Å². The van der Waals surface area contributed by atoms with Gasteiger partial charge in [-0.2, -0.15) is 0 Å². The number of hydrogen-bond acceptors (Lipinski definition) is 8. The quantitative estimate of drug-likeness (QED) is 0.257. The number of nitrogens with zero attached hydrogens (tertiary/aromatic N) is 1. The van der Waals surface area contributed by atoms with Gasteiger partial charge < -0.3 is 19.5 Å². The van der Waals surface area contributed by atoms with Gasteiger partial charge in [-0.1, -0.05) is 19.9 Å². The van der Waals surface area contributed by atoms with Gasteiger partial charge in [0, 0.05) is 6.07 Å². The third kappa shape index (κ3) is 6.86. The second kappa shape index (κ2) is 12.5. The predicted octanol–water partition coefficient (Wildman–Crippen LogP) is 5.71. The second-order valence-corrected chi connectivity index (χ2v) is 9.38. The highest BCUT2D eigenvalue weighted by molar-refractivity contribution is 7.13. The molecule has 3 rings (SSSR count). The Labute approximate surface area is 212 Å². The number of hydrogen-bond donors (Lipinski definition) is 1. The normalized spacial score (nSPS) is 11.9. The van der Waals surface area contributed by atoms with Crippen LogP contribution in [0.3, 0.4) is 0 Å². The van der Waals surface area contributed by atoms with Gasteiger partial charge in [-0.3, -0.25) is 0 Å². The summed E-state index contributed by atoms with van der Waals surface area (Å²) in [7, 11) is 2.62. The standard InChI is InChI=1S/C26H28F2N2O5S/c1-15(2)23(24-30-14-22(36-24)26(32)34-4)29-11-5-6-16-7-9-18(13-19(16)25(31)33-3)35-21-10-8-17(27)12-20(21)28/h7-10,12-15,23,29H,5-6,11H2,1-4H3/t23-/m1/s1. The van der Waals surface area contributed by atoms with Crippen LogP contribution < -0.4 is 10.1 Å². The Kier molecular flexibility index (Phi) is 9.49. The van der Waals surface area contributed by atoms with E-state index in [0.717, 1.165) is 22.7 Å². The molecule has 10 heteroatoms. The molecule has 0 aliphatic carbocycles. The molecular weight excluding hydrogens is 490 g/mol. The number of aromatic nitrogens is 1. The van der Waals surface area contributed by atoms with Crippen LogP contribution in [0.4, 0.5) is 8.78 Å². The van der Waals surface area contributed by atoms with Crippen molar-refractivity contribution in [1.82, 2.24) is 10.3 Å². The molecule has 1 heterocycles. The van der Waals surface area contributed by atoms with E-state index >= 15 is 0 Å². The van der Waals surface area contributed by atoms with Crippen molar-refractivity contribution in [3.8, 4) is 11.5 Å². The number of methoxy groups -OCH3 is 2. The van der Waals surface area contributed by atoms with Gasteiger partial charge in [-0.05, 0) is 55.1 Å². The molecule has 0 fully saturated rings. The third-order valence-electron chi connectivity index (χ3n) is 5.44. The van der Waals surface area contributed by atoms with Crippen LogP contribution in [-0.2, 0) is 15.9 Å². The summed E-state index contributed by atoms with van der Waals surface area (Å²) >= 11 is 1.30. The molecule has 0 bridgehead atoms. The lowest BCUT2D eigenvalue weighted by Crippen LogP contribution is -2.27. The summed E-state index contributed by atoms with van der Waals surface area (Å²) in [5.74, 6) is -2.20. The van der Waals surface area contributed by atoms with Crippen LogP contribution in [0.2, 0.25) is 0 Å². The maximum absolute atomic E-state index is 14.0. The van der Waals surface area contributed by atoms with Gasteiger partial charge in [0.05, 0.1) is 32.0 Å². The molecule has 0 unspecified atom stereocenters. The maximum Gasteiger partial charge on any atom is 0.349 e. The van der Waals surface area contributed by atoms with Crippen LogP contribution in [0.1, 0.15) is 56.9 Å². The van der Waals surface area contributed by atoms with Crippen molar-refractivity contribution in [2.75, 3.05) is 20.8 Å². The molecule has 3 aromatic rings. The Hall–Kier alpha value is -3.37. The molecule has 192 valence electrons. The average molecular weight is 519 g/mol. The van der Waals surface area contributed by atoms with Crippen molar-refractivity contribution in [1.29, 1.82) is 0 Å². The van der Waals surface area contributed by atoms with Gasteiger partial charge in [0.15, 0.2) is 11.6 Å². The van der Waals surface area contributed by atoms with E-state index in [2.05, 4.69) is 24.1 Å². The SMILES string of the molecule is COC(=O)c1cnc([C@H](NCCCc2ccc(Oc3ccc(F)cc3F)cc2C(=O)OC)C(C)C)s1. The summed E-state index contributed by atoms with van der Waals surface area (Å²) in [6, 6.07) is 7.79. The molecular formula is C26H28F2N2O5S. The molecule has 0 aliphatic rings. The number of aryl methyl sites for hydroxylation is 1. The van der Waals surface area contributed by atoms with Crippen molar-refractivity contribution in [3.63, 3.8) is 0 Å². The minimum absolute atomic E-state index is 0.0464. The second-order valence-electron chi connectivity index (χ2n) is 8.32. The fourth-order valence-electron chi connectivity index (χ4n) is 3.59. The zero-order chi connectivity index (χ0) is 26.2. The van der Waals surface area contributed by atoms with E-state index in [1.165, 1.54) is 43.9 Å². The lowest BCUT2D eigenvalue weighted by atomic mass is 10.0. The Balaban J connectivity index is 1.66. The minimum Gasteiger partial charge on any atom is -0.465 e. The predicted molar refractivity (Wildman–Crippen MR) is 132 cm³/mol. The van der Waals surface area contributed by atoms with Crippen LogP contribution >= 0.6 is 11.3 Å². The van der Waals surface area contributed by atoms with Gasteiger partial charge in [0.1, 0.15) is 21.5 Å². The van der Waals surface area contributed by atoms with Crippen molar-refractivity contribution in [2.24, 2.45) is 5.92 Å². The molecule has 0 amide bonds. The summed E-state index contributed by atoms with van der Waals surface area (Å²) in [5.41, 5.74) is 1.06. The number of thiazole rings is 1. The Morgan fingerprint density at radius 1 is 1.06 bits per heavy atom. The topological polar surface area (TPSA) is 86.8 Å². The van der Waals surface area contributed by atoms with Crippen LogP contribution in [0.15, 0.2) is 42.6 Å². The van der Waals surface area contributed by atoms with E-state index in [1.807, 2.05) is 0 Å². The summed E-state index contributed by atoms with van der Waals surface area (Å²) in [5, 5.41) is 4.28. The van der Waals surface area contributed by atoms with Crippen molar-refractivity contribution in [3.05, 3.63) is 75.2 Å². The summed E-state index contributed by atoms with van der Waals surface area (Å²) in [6.07, 6.45) is 2.79. The third-order valence-corrected chi connectivity index (χ3v) is 6.50. The van der Waals surface area contributed by atoms with Crippen LogP contribution in [0.5, 0.6) is 11.5 Å². The van der Waals surface area contributed by atoms with E-state index < -0.39 is 23.6 Å². The maximum atomic E-state index is 14.0. The number of nitrogens with one attached hydrogen (secondary N) is 1. The Morgan fingerprint density at radius 3 is 2.47 bits per heavy atom. The number of esters is 2. The average Bonchev–Trinajstić information content (AvgIpc) is 3.34. The van der Waals surface area contributed by atoms with Gasteiger partial charge >= 0.3 is 11.9 Å². The first kappa shape index (κ1) is 27.2. The monoisotopic (exact) mass is 518 g/mol. The summed E-state index contributed by atoms with van der Waals surface area (Å²) < 4.78 is 42.3. The Morgan fingerprint density at radius 2 is 1.81 bits per heavy atom. The molecule has 2 aromatic carbocycles. The smallest absolute Gasteiger partial charge is 0.349 e. The number of carbonyl (C=O) groups is 2. The fraction of sp³-hybridized carbons (Fsp3) is 0.346. The highest BCUT2D eigenvalue weighted by Gasteiger charge is 2.21. The van der Waals surface area contributed by atoms with Crippen molar-refractivity contribution < 1.29 is 32.6 Å². The van der Waals surface area contributed by atoms with E-state index in [1.54, 1.807) is 12.1 Å². The van der Waals surface area contributed by atoms with E-state index in [4.69, 9.17) is 14.2 Å². The first-order valence-electron chi connectivity index (χ1n) is 11.3. The van der Waals surface area contributed by atoms with Crippen molar-refractivity contribution >= 4 is 23.3 Å². The van der Waals surface area contributed by atoms with Gasteiger partial charge in [0.25, 0.3) is 0 Å². The lowest BCUT2D eigenvalue weighted by molar-refractivity contribution is 0.0593. The molecule has 0 aliphatic heterocycles. The first-order valence-corrected chi connectivity index (χ1v) is 12.2. The summed E-state index contributed by atoms with van der Waals surface area (Å²) in [4.78, 5) is 29.0. The molecule has 0 saturated heterocycles. The van der Waals surface area contributed by atoms with E-state index in [-0.39, 0.29) is 23.5 Å². The summed E-state index contributed by atoms with van der Waals surface area (Å²) in [6.45, 7) is 4.76. The number of rotatable bonds is 11. The molecule has 0 spiro atoms. The lowest BCUT2D eigenvalue weighted by Gasteiger charge is -2.20. The van der Waals surface area contributed by atoms with Crippen molar-refractivity contribution in [2.45, 2.75) is 32.7 Å². The zero-order valence-electron chi connectivity index (χ0n) is 20.5. The largest absolute Gasteiger partial charge is 0.465 e. The van der Waals surface area contributed by atoms with E-state index in [0.29, 0.717) is 29.8 Å². The minimum atomic E-state index is -0.844.